The molecule has 0 fully saturated rings. The number of carbonyl (C=O) groups is 1. The number of nitrogens with zero attached hydrogens (tertiary/aromatic N) is 3. The predicted octanol–water partition coefficient (Wildman–Crippen LogP) is 1.09. The first kappa shape index (κ1) is 11.1. The molecular formula is C11H11N3O3. The van der Waals surface area contributed by atoms with Crippen molar-refractivity contribution in [3.63, 3.8) is 0 Å². The van der Waals surface area contributed by atoms with Crippen molar-refractivity contribution in [1.29, 1.82) is 0 Å². The highest BCUT2D eigenvalue weighted by molar-refractivity contribution is 5.87. The third-order valence-electron chi connectivity index (χ3n) is 2.25. The Labute approximate surface area is 97.5 Å². The van der Waals surface area contributed by atoms with Crippen LogP contribution < -0.4 is 4.74 Å². The minimum atomic E-state index is -0.978. The Morgan fingerprint density at radius 1 is 1.53 bits per heavy atom. The Kier molecular flexibility index (Phi) is 3.04. The van der Waals surface area contributed by atoms with E-state index in [1.54, 1.807) is 23.0 Å². The molecule has 0 atom stereocenters. The highest BCUT2D eigenvalue weighted by atomic mass is 16.5. The number of aryl methyl sites for hydroxylation is 1. The maximum atomic E-state index is 10.8. The lowest BCUT2D eigenvalue weighted by Gasteiger charge is -2.05. The van der Waals surface area contributed by atoms with Gasteiger partial charge in [0.2, 0.25) is 0 Å². The number of carboxylic acids is 1. The standard InChI is InChI=1S/C11H11N3O3/c1-14-7-12-13-10(14)6-17-9-4-2-3-8(5-9)11(15)16/h2-5,7H,6H2,1H3,(H,15,16). The van der Waals surface area contributed by atoms with Gasteiger partial charge < -0.3 is 14.4 Å². The molecule has 1 aromatic heterocycles. The molecule has 0 bridgehead atoms. The summed E-state index contributed by atoms with van der Waals surface area (Å²) in [5, 5.41) is 16.4. The molecule has 2 rings (SSSR count). The molecule has 1 heterocycles. The highest BCUT2D eigenvalue weighted by Gasteiger charge is 2.05. The van der Waals surface area contributed by atoms with Gasteiger partial charge in [-0.1, -0.05) is 6.07 Å². The highest BCUT2D eigenvalue weighted by Crippen LogP contribution is 2.14. The Morgan fingerprint density at radius 2 is 2.35 bits per heavy atom. The summed E-state index contributed by atoms with van der Waals surface area (Å²) >= 11 is 0. The number of rotatable bonds is 4. The van der Waals surface area contributed by atoms with Crippen molar-refractivity contribution < 1.29 is 14.6 Å². The summed E-state index contributed by atoms with van der Waals surface area (Å²) in [4.78, 5) is 10.8. The van der Waals surface area contributed by atoms with Gasteiger partial charge in [0.1, 0.15) is 18.7 Å². The number of ether oxygens (including phenoxy) is 1. The van der Waals surface area contributed by atoms with E-state index in [4.69, 9.17) is 9.84 Å². The first-order valence-corrected chi connectivity index (χ1v) is 4.96. The number of carboxylic acid groups (broad SMARTS) is 1. The van der Waals surface area contributed by atoms with Gasteiger partial charge in [0.05, 0.1) is 5.56 Å². The Bertz CT molecular complexity index is 536. The molecule has 0 aliphatic rings. The second-order valence-corrected chi connectivity index (χ2v) is 3.48. The second kappa shape index (κ2) is 4.65. The average Bonchev–Trinajstić information content (AvgIpc) is 2.72. The SMILES string of the molecule is Cn1cnnc1COc1cccc(C(=O)O)c1. The van der Waals surface area contributed by atoms with Gasteiger partial charge in [-0.3, -0.25) is 0 Å². The van der Waals surface area contributed by atoms with Crippen LogP contribution in [0.1, 0.15) is 16.2 Å². The van der Waals surface area contributed by atoms with Gasteiger partial charge in [0, 0.05) is 7.05 Å². The van der Waals surface area contributed by atoms with Crippen LogP contribution in [0.25, 0.3) is 0 Å². The molecule has 6 heteroatoms. The molecule has 0 unspecified atom stereocenters. The van der Waals surface area contributed by atoms with Crippen molar-refractivity contribution in [2.75, 3.05) is 0 Å². The molecule has 2 aromatic rings. The van der Waals surface area contributed by atoms with Crippen LogP contribution in [0.2, 0.25) is 0 Å². The maximum Gasteiger partial charge on any atom is 0.335 e. The zero-order chi connectivity index (χ0) is 12.3. The molecule has 1 aromatic carbocycles. The van der Waals surface area contributed by atoms with E-state index in [1.165, 1.54) is 12.1 Å². The van der Waals surface area contributed by atoms with Gasteiger partial charge in [0.25, 0.3) is 0 Å². The summed E-state index contributed by atoms with van der Waals surface area (Å²) < 4.78 is 7.17. The lowest BCUT2D eigenvalue weighted by atomic mass is 10.2. The first-order valence-electron chi connectivity index (χ1n) is 4.96. The third kappa shape index (κ3) is 2.60. The third-order valence-corrected chi connectivity index (χ3v) is 2.25. The van der Waals surface area contributed by atoms with Crippen LogP contribution in [0.5, 0.6) is 5.75 Å². The second-order valence-electron chi connectivity index (χ2n) is 3.48. The van der Waals surface area contributed by atoms with Crippen molar-refractivity contribution in [2.24, 2.45) is 7.05 Å². The fraction of sp³-hybridized carbons (Fsp3) is 0.182. The number of aromatic carboxylic acids is 1. The molecule has 6 nitrogen and oxygen atoms in total. The Balaban J connectivity index is 2.07. The smallest absolute Gasteiger partial charge is 0.335 e. The van der Waals surface area contributed by atoms with E-state index in [-0.39, 0.29) is 12.2 Å². The summed E-state index contributed by atoms with van der Waals surface area (Å²) in [6, 6.07) is 6.31. The number of benzene rings is 1. The lowest BCUT2D eigenvalue weighted by Crippen LogP contribution is -2.04. The average molecular weight is 233 g/mol. The molecule has 1 N–H and O–H groups in total. The van der Waals surface area contributed by atoms with Crippen molar-refractivity contribution >= 4 is 5.97 Å². The zero-order valence-corrected chi connectivity index (χ0v) is 9.20. The van der Waals surface area contributed by atoms with E-state index < -0.39 is 5.97 Å². The molecule has 0 saturated carbocycles. The van der Waals surface area contributed by atoms with Gasteiger partial charge in [-0.25, -0.2) is 4.79 Å². The molecule has 88 valence electrons. The normalized spacial score (nSPS) is 10.2. The number of aromatic nitrogens is 3. The number of hydrogen-bond acceptors (Lipinski definition) is 4. The molecule has 0 aliphatic carbocycles. The van der Waals surface area contributed by atoms with Crippen molar-refractivity contribution in [2.45, 2.75) is 6.61 Å². The van der Waals surface area contributed by atoms with Crippen LogP contribution in [0, 0.1) is 0 Å². The molecule has 0 aliphatic heterocycles. The largest absolute Gasteiger partial charge is 0.486 e. The molecule has 0 amide bonds. The van der Waals surface area contributed by atoms with Gasteiger partial charge in [-0.2, -0.15) is 0 Å². The van der Waals surface area contributed by atoms with Crippen LogP contribution >= 0.6 is 0 Å². The van der Waals surface area contributed by atoms with Crippen molar-refractivity contribution in [1.82, 2.24) is 14.8 Å². The molecule has 0 saturated heterocycles. The van der Waals surface area contributed by atoms with E-state index in [9.17, 15) is 4.79 Å². The first-order chi connectivity index (χ1) is 8.16. The van der Waals surface area contributed by atoms with E-state index >= 15 is 0 Å². The topological polar surface area (TPSA) is 77.2 Å². The van der Waals surface area contributed by atoms with Gasteiger partial charge >= 0.3 is 5.97 Å². The summed E-state index contributed by atoms with van der Waals surface area (Å²) in [7, 11) is 1.81. The van der Waals surface area contributed by atoms with Crippen LogP contribution in [0.3, 0.4) is 0 Å². The lowest BCUT2D eigenvalue weighted by molar-refractivity contribution is 0.0696. The fourth-order valence-electron chi connectivity index (χ4n) is 1.30. The van der Waals surface area contributed by atoms with E-state index in [0.29, 0.717) is 11.6 Å². The van der Waals surface area contributed by atoms with Crippen molar-refractivity contribution in [3.8, 4) is 5.75 Å². The minimum absolute atomic E-state index is 0.195. The van der Waals surface area contributed by atoms with Crippen LogP contribution in [-0.4, -0.2) is 25.8 Å². The zero-order valence-electron chi connectivity index (χ0n) is 9.20. The van der Waals surface area contributed by atoms with Crippen molar-refractivity contribution in [3.05, 3.63) is 42.0 Å². The Hall–Kier alpha value is -2.37. The van der Waals surface area contributed by atoms with Gasteiger partial charge in [-0.15, -0.1) is 10.2 Å². The number of hydrogen-bond donors (Lipinski definition) is 1. The molecular weight excluding hydrogens is 222 g/mol. The van der Waals surface area contributed by atoms with E-state index in [0.717, 1.165) is 0 Å². The van der Waals surface area contributed by atoms with Gasteiger partial charge in [0.15, 0.2) is 5.82 Å². The summed E-state index contributed by atoms with van der Waals surface area (Å²) in [6.07, 6.45) is 1.58. The predicted molar refractivity (Wildman–Crippen MR) is 58.7 cm³/mol. The minimum Gasteiger partial charge on any atom is -0.486 e. The maximum absolute atomic E-state index is 10.8. The quantitative estimate of drug-likeness (QED) is 0.855. The van der Waals surface area contributed by atoms with E-state index in [2.05, 4.69) is 10.2 Å². The van der Waals surface area contributed by atoms with Crippen LogP contribution in [0.4, 0.5) is 0 Å². The van der Waals surface area contributed by atoms with Crippen LogP contribution in [-0.2, 0) is 13.7 Å². The Morgan fingerprint density at radius 3 is 3.00 bits per heavy atom. The summed E-state index contributed by atoms with van der Waals surface area (Å²) in [5.41, 5.74) is 0.195. The van der Waals surface area contributed by atoms with E-state index in [1.807, 2.05) is 7.05 Å². The summed E-state index contributed by atoms with van der Waals surface area (Å²) in [6.45, 7) is 0.250. The monoisotopic (exact) mass is 233 g/mol. The molecule has 0 spiro atoms. The van der Waals surface area contributed by atoms with Gasteiger partial charge in [-0.05, 0) is 18.2 Å². The molecule has 0 radical (unpaired) electrons. The van der Waals surface area contributed by atoms with Crippen LogP contribution in [0.15, 0.2) is 30.6 Å². The molecule has 17 heavy (non-hydrogen) atoms. The fourth-order valence-corrected chi connectivity index (χ4v) is 1.30. The summed E-state index contributed by atoms with van der Waals surface area (Å²) in [5.74, 6) is 0.188.